The normalized spacial score (nSPS) is 15.1. The highest BCUT2D eigenvalue weighted by Crippen LogP contribution is 2.31. The number of fused-ring (bicyclic) bond motifs is 1. The standard InChI is InChI=1S/C22H21F3N4O2S/c23-22(24,25)15-4-3-5-16(12-15)26-20(30)14-32-21-17-6-1-2-7-18(17)27-19(28-21)13-29-8-10-31-11-9-29/h1-7,12H,8-11,13-14H2,(H,26,30). The largest absolute Gasteiger partial charge is 0.416 e. The van der Waals surface area contributed by atoms with Gasteiger partial charge in [0.25, 0.3) is 0 Å². The van der Waals surface area contributed by atoms with Crippen LogP contribution in [0, 0.1) is 0 Å². The van der Waals surface area contributed by atoms with Gasteiger partial charge in [-0.15, -0.1) is 0 Å². The van der Waals surface area contributed by atoms with Crippen LogP contribution in [-0.2, 0) is 22.3 Å². The fourth-order valence-electron chi connectivity index (χ4n) is 3.34. The summed E-state index contributed by atoms with van der Waals surface area (Å²) in [5.41, 5.74) is 0.0787. The van der Waals surface area contributed by atoms with Crippen molar-refractivity contribution < 1.29 is 22.7 Å². The number of alkyl halides is 3. The number of para-hydroxylation sites is 1. The van der Waals surface area contributed by atoms with E-state index in [9.17, 15) is 18.0 Å². The van der Waals surface area contributed by atoms with Crippen LogP contribution in [0.1, 0.15) is 11.4 Å². The second-order valence-electron chi connectivity index (χ2n) is 7.27. The molecule has 0 unspecified atom stereocenters. The van der Waals surface area contributed by atoms with Gasteiger partial charge in [0.2, 0.25) is 5.91 Å². The maximum Gasteiger partial charge on any atom is 0.416 e. The fraction of sp³-hybridized carbons (Fsp3) is 0.318. The second kappa shape index (κ2) is 9.85. The summed E-state index contributed by atoms with van der Waals surface area (Å²) >= 11 is 1.23. The molecule has 10 heteroatoms. The average Bonchev–Trinajstić information content (AvgIpc) is 2.78. The number of aromatic nitrogens is 2. The predicted molar refractivity (Wildman–Crippen MR) is 116 cm³/mol. The van der Waals surface area contributed by atoms with E-state index in [1.807, 2.05) is 24.3 Å². The van der Waals surface area contributed by atoms with E-state index in [0.29, 0.717) is 30.6 Å². The smallest absolute Gasteiger partial charge is 0.379 e. The number of amides is 1. The molecule has 1 aliphatic rings. The number of morpholine rings is 1. The highest BCUT2D eigenvalue weighted by molar-refractivity contribution is 8.00. The summed E-state index contributed by atoms with van der Waals surface area (Å²) < 4.78 is 44.0. The van der Waals surface area contributed by atoms with Gasteiger partial charge in [-0.1, -0.05) is 36.0 Å². The summed E-state index contributed by atoms with van der Waals surface area (Å²) in [6, 6.07) is 12.1. The number of anilines is 1. The molecule has 2 aromatic carbocycles. The van der Waals surface area contributed by atoms with Gasteiger partial charge in [-0.05, 0) is 24.3 Å². The molecule has 32 heavy (non-hydrogen) atoms. The van der Waals surface area contributed by atoms with Crippen molar-refractivity contribution in [2.45, 2.75) is 17.7 Å². The Morgan fingerprint density at radius 3 is 2.66 bits per heavy atom. The predicted octanol–water partition coefficient (Wildman–Crippen LogP) is 4.21. The summed E-state index contributed by atoms with van der Waals surface area (Å²) in [6.07, 6.45) is -4.47. The number of nitrogens with zero attached hydrogens (tertiary/aromatic N) is 3. The van der Waals surface area contributed by atoms with Gasteiger partial charge in [0, 0.05) is 24.2 Å². The number of rotatable bonds is 6. The third-order valence-electron chi connectivity index (χ3n) is 4.90. The van der Waals surface area contributed by atoms with Crippen LogP contribution in [0.5, 0.6) is 0 Å². The molecule has 1 aromatic heterocycles. The third kappa shape index (κ3) is 5.76. The average molecular weight is 462 g/mol. The third-order valence-corrected chi connectivity index (χ3v) is 5.89. The second-order valence-corrected chi connectivity index (χ2v) is 8.23. The molecule has 1 N–H and O–H groups in total. The van der Waals surface area contributed by atoms with Crippen molar-refractivity contribution in [1.82, 2.24) is 14.9 Å². The topological polar surface area (TPSA) is 67.4 Å². The Labute approximate surface area is 187 Å². The molecule has 0 saturated carbocycles. The molecule has 168 valence electrons. The lowest BCUT2D eigenvalue weighted by molar-refractivity contribution is -0.137. The molecule has 0 atom stereocenters. The maximum absolute atomic E-state index is 12.9. The minimum absolute atomic E-state index is 0.00818. The zero-order chi connectivity index (χ0) is 22.6. The van der Waals surface area contributed by atoms with E-state index in [4.69, 9.17) is 4.74 Å². The lowest BCUT2D eigenvalue weighted by Crippen LogP contribution is -2.36. The lowest BCUT2D eigenvalue weighted by Gasteiger charge is -2.25. The van der Waals surface area contributed by atoms with E-state index >= 15 is 0 Å². The summed E-state index contributed by atoms with van der Waals surface area (Å²) in [5, 5.41) is 4.02. The van der Waals surface area contributed by atoms with Gasteiger partial charge in [-0.2, -0.15) is 13.2 Å². The molecule has 2 heterocycles. The Hall–Kier alpha value is -2.69. The van der Waals surface area contributed by atoms with Crippen LogP contribution in [0.15, 0.2) is 53.6 Å². The summed E-state index contributed by atoms with van der Waals surface area (Å²) in [5.74, 6) is 0.256. The Morgan fingerprint density at radius 2 is 1.88 bits per heavy atom. The molecule has 1 amide bonds. The zero-order valence-electron chi connectivity index (χ0n) is 17.1. The van der Waals surface area contributed by atoms with Crippen LogP contribution in [0.3, 0.4) is 0 Å². The lowest BCUT2D eigenvalue weighted by atomic mass is 10.2. The molecule has 4 rings (SSSR count). The van der Waals surface area contributed by atoms with Crippen molar-refractivity contribution in [1.29, 1.82) is 0 Å². The summed E-state index contributed by atoms with van der Waals surface area (Å²) in [4.78, 5) is 23.9. The van der Waals surface area contributed by atoms with Gasteiger partial charge in [0.15, 0.2) is 0 Å². The molecular weight excluding hydrogens is 441 g/mol. The zero-order valence-corrected chi connectivity index (χ0v) is 17.9. The van der Waals surface area contributed by atoms with Crippen molar-refractivity contribution >= 4 is 34.3 Å². The minimum atomic E-state index is -4.47. The first-order chi connectivity index (χ1) is 15.4. The number of hydrogen-bond donors (Lipinski definition) is 1. The molecule has 0 aliphatic carbocycles. The minimum Gasteiger partial charge on any atom is -0.379 e. The molecule has 3 aromatic rings. The van der Waals surface area contributed by atoms with Gasteiger partial charge in [-0.3, -0.25) is 9.69 Å². The van der Waals surface area contributed by atoms with E-state index in [2.05, 4.69) is 20.2 Å². The fourth-order valence-corrected chi connectivity index (χ4v) is 4.18. The quantitative estimate of drug-likeness (QED) is 0.437. The number of nitrogens with one attached hydrogen (secondary N) is 1. The molecule has 1 aliphatic heterocycles. The number of ether oxygens (including phenoxy) is 1. The molecule has 0 spiro atoms. The van der Waals surface area contributed by atoms with Crippen LogP contribution < -0.4 is 5.32 Å². The number of thioether (sulfide) groups is 1. The molecule has 1 fully saturated rings. The van der Waals surface area contributed by atoms with Crippen LogP contribution in [0.2, 0.25) is 0 Å². The van der Waals surface area contributed by atoms with Crippen LogP contribution in [0.25, 0.3) is 10.9 Å². The van der Waals surface area contributed by atoms with E-state index in [0.717, 1.165) is 36.1 Å². The van der Waals surface area contributed by atoms with E-state index in [1.54, 1.807) is 0 Å². The Morgan fingerprint density at radius 1 is 1.09 bits per heavy atom. The summed E-state index contributed by atoms with van der Waals surface area (Å²) in [7, 11) is 0. The van der Waals surface area contributed by atoms with Gasteiger partial charge < -0.3 is 10.1 Å². The Bertz CT molecular complexity index is 1100. The number of benzene rings is 2. The maximum atomic E-state index is 12.9. The summed E-state index contributed by atoms with van der Waals surface area (Å²) in [6.45, 7) is 3.53. The van der Waals surface area contributed by atoms with Gasteiger partial charge >= 0.3 is 6.18 Å². The first-order valence-electron chi connectivity index (χ1n) is 10.0. The monoisotopic (exact) mass is 462 g/mol. The first kappa shape index (κ1) is 22.5. The highest BCUT2D eigenvalue weighted by atomic mass is 32.2. The van der Waals surface area contributed by atoms with Crippen LogP contribution in [-0.4, -0.2) is 52.8 Å². The SMILES string of the molecule is O=C(CSc1nc(CN2CCOCC2)nc2ccccc12)Nc1cccc(C(F)(F)F)c1. The van der Waals surface area contributed by atoms with Gasteiger partial charge in [0.05, 0.1) is 36.6 Å². The molecule has 0 bridgehead atoms. The number of carbonyl (C=O) groups excluding carboxylic acids is 1. The number of halogens is 3. The van der Waals surface area contributed by atoms with Crippen LogP contribution in [0.4, 0.5) is 18.9 Å². The Balaban J connectivity index is 1.46. The molecule has 0 radical (unpaired) electrons. The Kier molecular flexibility index (Phi) is 6.92. The molecule has 6 nitrogen and oxygen atoms in total. The van der Waals surface area contributed by atoms with Crippen molar-refractivity contribution in [3.8, 4) is 0 Å². The highest BCUT2D eigenvalue weighted by Gasteiger charge is 2.30. The first-order valence-corrected chi connectivity index (χ1v) is 11.0. The van der Waals surface area contributed by atoms with Crippen molar-refractivity contribution in [3.63, 3.8) is 0 Å². The van der Waals surface area contributed by atoms with Crippen molar-refractivity contribution in [2.75, 3.05) is 37.4 Å². The van der Waals surface area contributed by atoms with Crippen LogP contribution >= 0.6 is 11.8 Å². The molecule has 1 saturated heterocycles. The van der Waals surface area contributed by atoms with Gasteiger partial charge in [-0.25, -0.2) is 9.97 Å². The molecular formula is C22H21F3N4O2S. The van der Waals surface area contributed by atoms with E-state index in [1.165, 1.54) is 23.9 Å². The number of hydrogen-bond acceptors (Lipinski definition) is 6. The van der Waals surface area contributed by atoms with Crippen molar-refractivity contribution in [2.24, 2.45) is 0 Å². The van der Waals surface area contributed by atoms with Crippen molar-refractivity contribution in [3.05, 3.63) is 59.9 Å². The van der Waals surface area contributed by atoms with E-state index in [-0.39, 0.29) is 11.4 Å². The van der Waals surface area contributed by atoms with Gasteiger partial charge in [0.1, 0.15) is 10.9 Å². The number of carbonyl (C=O) groups is 1. The van der Waals surface area contributed by atoms with E-state index < -0.39 is 17.6 Å².